The van der Waals surface area contributed by atoms with Crippen molar-refractivity contribution in [1.29, 1.82) is 0 Å². The Kier molecular flexibility index (Phi) is 14.5. The molecule has 5 N–H and O–H groups in total. The summed E-state index contributed by atoms with van der Waals surface area (Å²) in [5.41, 5.74) is 0. The highest BCUT2D eigenvalue weighted by Gasteiger charge is 2.01. The summed E-state index contributed by atoms with van der Waals surface area (Å²) in [7, 11) is 0. The highest BCUT2D eigenvalue weighted by Crippen LogP contribution is 2.05. The van der Waals surface area contributed by atoms with Gasteiger partial charge in [-0.2, -0.15) is 11.8 Å². The van der Waals surface area contributed by atoms with E-state index in [2.05, 4.69) is 10.6 Å². The molecular weight excluding hydrogens is 308 g/mol. The Morgan fingerprint density at radius 3 is 2.41 bits per heavy atom. The first-order chi connectivity index (χ1) is 10.5. The zero-order valence-electron chi connectivity index (χ0n) is 12.9. The summed E-state index contributed by atoms with van der Waals surface area (Å²) >= 11 is 1.71. The molecule has 0 bridgehead atoms. The zero-order chi connectivity index (χ0) is 16.6. The molecule has 0 radical (unpaired) electrons. The minimum absolute atomic E-state index is 0.00108. The number of rotatable bonds is 15. The van der Waals surface area contributed by atoms with Crippen molar-refractivity contribution in [2.45, 2.75) is 44.8 Å². The van der Waals surface area contributed by atoms with E-state index in [0.717, 1.165) is 17.9 Å². The molecule has 0 aliphatic carbocycles. The molecule has 0 spiro atoms. The average Bonchev–Trinajstić information content (AvgIpc) is 2.44. The van der Waals surface area contributed by atoms with E-state index in [1.165, 1.54) is 0 Å². The second-order valence-corrected chi connectivity index (χ2v) is 6.16. The summed E-state index contributed by atoms with van der Waals surface area (Å²) < 4.78 is 0. The topological polar surface area (TPSA) is 119 Å². The van der Waals surface area contributed by atoms with E-state index >= 15 is 0 Å². The van der Waals surface area contributed by atoms with Crippen LogP contribution in [0, 0.1) is 0 Å². The van der Waals surface area contributed by atoms with E-state index < -0.39 is 12.3 Å². The summed E-state index contributed by atoms with van der Waals surface area (Å²) in [6.07, 6.45) is 1.96. The third kappa shape index (κ3) is 17.2. The second kappa shape index (κ2) is 15.1. The van der Waals surface area contributed by atoms with Gasteiger partial charge in [0.15, 0.2) is 6.29 Å². The fourth-order valence-corrected chi connectivity index (χ4v) is 2.53. The SMILES string of the molecule is O=C(O)CCCCSCCNC(=O)CCNCCCC(O)O. The van der Waals surface area contributed by atoms with Crippen molar-refractivity contribution in [3.63, 3.8) is 0 Å². The Labute approximate surface area is 135 Å². The maximum absolute atomic E-state index is 11.5. The summed E-state index contributed by atoms with van der Waals surface area (Å²) in [6.45, 7) is 1.87. The standard InChI is InChI=1S/C14H28N2O5S/c17-12(6-8-15-7-3-5-14(20)21)16-9-11-22-10-2-1-4-13(18)19/h14-15,20-21H,1-11H2,(H,16,17)(H,18,19). The number of amides is 1. The minimum atomic E-state index is -1.26. The number of nitrogens with one attached hydrogen (secondary N) is 2. The average molecular weight is 336 g/mol. The zero-order valence-corrected chi connectivity index (χ0v) is 13.7. The molecule has 0 aromatic rings. The first-order valence-corrected chi connectivity index (χ1v) is 8.81. The van der Waals surface area contributed by atoms with Gasteiger partial charge in [-0.1, -0.05) is 0 Å². The number of thioether (sulfide) groups is 1. The molecule has 0 aliphatic rings. The number of unbranched alkanes of at least 4 members (excludes halogenated alkanes) is 1. The maximum Gasteiger partial charge on any atom is 0.303 e. The first kappa shape index (κ1) is 21.2. The number of carboxylic acid groups (broad SMARTS) is 1. The number of aliphatic hydroxyl groups is 2. The van der Waals surface area contributed by atoms with E-state index in [-0.39, 0.29) is 12.3 Å². The molecular formula is C14H28N2O5S. The van der Waals surface area contributed by atoms with Crippen LogP contribution in [0.2, 0.25) is 0 Å². The van der Waals surface area contributed by atoms with Gasteiger partial charge in [-0.15, -0.1) is 0 Å². The molecule has 0 saturated heterocycles. The Morgan fingerprint density at radius 2 is 1.73 bits per heavy atom. The van der Waals surface area contributed by atoms with Crippen LogP contribution in [0.15, 0.2) is 0 Å². The highest BCUT2D eigenvalue weighted by atomic mass is 32.2. The van der Waals surface area contributed by atoms with Crippen LogP contribution in [0.4, 0.5) is 0 Å². The van der Waals surface area contributed by atoms with Crippen molar-refractivity contribution >= 4 is 23.6 Å². The van der Waals surface area contributed by atoms with Gasteiger partial charge in [-0.25, -0.2) is 0 Å². The molecule has 0 heterocycles. The number of carbonyl (C=O) groups excluding carboxylic acids is 1. The van der Waals surface area contributed by atoms with Crippen LogP contribution in [0.3, 0.4) is 0 Å². The van der Waals surface area contributed by atoms with Gasteiger partial charge in [-0.05, 0) is 38.0 Å². The molecule has 130 valence electrons. The summed E-state index contributed by atoms with van der Waals surface area (Å²) in [5.74, 6) is 1.00. The number of aliphatic carboxylic acids is 1. The smallest absolute Gasteiger partial charge is 0.303 e. The third-order valence-electron chi connectivity index (χ3n) is 2.84. The van der Waals surface area contributed by atoms with Gasteiger partial charge in [0.1, 0.15) is 0 Å². The van der Waals surface area contributed by atoms with Crippen molar-refractivity contribution in [2.75, 3.05) is 31.1 Å². The van der Waals surface area contributed by atoms with E-state index in [4.69, 9.17) is 15.3 Å². The van der Waals surface area contributed by atoms with Gasteiger partial charge in [0, 0.05) is 31.7 Å². The van der Waals surface area contributed by atoms with Crippen LogP contribution in [-0.4, -0.2) is 64.6 Å². The van der Waals surface area contributed by atoms with E-state index in [0.29, 0.717) is 45.3 Å². The lowest BCUT2D eigenvalue weighted by molar-refractivity contribution is -0.137. The highest BCUT2D eigenvalue weighted by molar-refractivity contribution is 7.99. The van der Waals surface area contributed by atoms with E-state index in [1.807, 2.05) is 0 Å². The lowest BCUT2D eigenvalue weighted by atomic mass is 10.3. The molecule has 0 aromatic heterocycles. The van der Waals surface area contributed by atoms with Crippen molar-refractivity contribution in [2.24, 2.45) is 0 Å². The van der Waals surface area contributed by atoms with Crippen LogP contribution < -0.4 is 10.6 Å². The molecule has 0 fully saturated rings. The van der Waals surface area contributed by atoms with Crippen LogP contribution in [0.1, 0.15) is 38.5 Å². The van der Waals surface area contributed by atoms with Crippen molar-refractivity contribution < 1.29 is 24.9 Å². The third-order valence-corrected chi connectivity index (χ3v) is 3.91. The summed E-state index contributed by atoms with van der Waals surface area (Å²) in [5, 5.41) is 31.7. The van der Waals surface area contributed by atoms with Gasteiger partial charge in [0.2, 0.25) is 5.91 Å². The molecule has 0 unspecified atom stereocenters. The molecule has 0 saturated carbocycles. The van der Waals surface area contributed by atoms with Gasteiger partial charge in [0.25, 0.3) is 0 Å². The Balaban J connectivity index is 3.21. The lowest BCUT2D eigenvalue weighted by Gasteiger charge is -2.07. The van der Waals surface area contributed by atoms with Gasteiger partial charge >= 0.3 is 5.97 Å². The van der Waals surface area contributed by atoms with Crippen LogP contribution in [0.25, 0.3) is 0 Å². The molecule has 7 nitrogen and oxygen atoms in total. The molecule has 22 heavy (non-hydrogen) atoms. The van der Waals surface area contributed by atoms with Crippen molar-refractivity contribution in [1.82, 2.24) is 10.6 Å². The Bertz CT molecular complexity index is 303. The monoisotopic (exact) mass is 336 g/mol. The molecule has 0 atom stereocenters. The number of hydrogen-bond acceptors (Lipinski definition) is 6. The van der Waals surface area contributed by atoms with Gasteiger partial charge in [-0.3, -0.25) is 9.59 Å². The van der Waals surface area contributed by atoms with Crippen LogP contribution >= 0.6 is 11.8 Å². The fourth-order valence-electron chi connectivity index (χ4n) is 1.67. The van der Waals surface area contributed by atoms with Gasteiger partial charge in [0.05, 0.1) is 0 Å². The predicted molar refractivity (Wildman–Crippen MR) is 86.8 cm³/mol. The molecule has 0 aliphatic heterocycles. The summed E-state index contributed by atoms with van der Waals surface area (Å²) in [6, 6.07) is 0. The summed E-state index contributed by atoms with van der Waals surface area (Å²) in [4.78, 5) is 21.8. The Morgan fingerprint density at radius 1 is 0.955 bits per heavy atom. The number of carbonyl (C=O) groups is 2. The molecule has 1 amide bonds. The lowest BCUT2D eigenvalue weighted by Crippen LogP contribution is -2.29. The first-order valence-electron chi connectivity index (χ1n) is 7.65. The maximum atomic E-state index is 11.5. The van der Waals surface area contributed by atoms with Gasteiger partial charge < -0.3 is 26.0 Å². The second-order valence-electron chi connectivity index (χ2n) is 4.94. The molecule has 0 aromatic carbocycles. The molecule has 0 rings (SSSR count). The molecule has 8 heteroatoms. The number of aliphatic hydroxyl groups excluding tert-OH is 1. The quantitative estimate of drug-likeness (QED) is 0.213. The number of carboxylic acids is 1. The predicted octanol–water partition coefficient (Wildman–Crippen LogP) is 0.161. The van der Waals surface area contributed by atoms with Crippen molar-refractivity contribution in [3.05, 3.63) is 0 Å². The van der Waals surface area contributed by atoms with Crippen LogP contribution in [-0.2, 0) is 9.59 Å². The normalized spacial score (nSPS) is 10.9. The fraction of sp³-hybridized carbons (Fsp3) is 0.857. The van der Waals surface area contributed by atoms with Crippen molar-refractivity contribution in [3.8, 4) is 0 Å². The Hall–Kier alpha value is -0.830. The van der Waals surface area contributed by atoms with E-state index in [9.17, 15) is 9.59 Å². The minimum Gasteiger partial charge on any atom is -0.481 e. The van der Waals surface area contributed by atoms with Crippen LogP contribution in [0.5, 0.6) is 0 Å². The van der Waals surface area contributed by atoms with E-state index in [1.54, 1.807) is 11.8 Å². The number of hydrogen-bond donors (Lipinski definition) is 5. The largest absolute Gasteiger partial charge is 0.481 e.